The molecule has 2 aromatic carbocycles. The van der Waals surface area contributed by atoms with Gasteiger partial charge in [0.15, 0.2) is 5.60 Å². The summed E-state index contributed by atoms with van der Waals surface area (Å²) in [6, 6.07) is 18.7. The Kier molecular flexibility index (Phi) is 6.22. The van der Waals surface area contributed by atoms with Crippen LogP contribution < -0.4 is 11.1 Å². The average Bonchev–Trinajstić information content (AvgIpc) is 2.86. The van der Waals surface area contributed by atoms with Crippen LogP contribution in [0.15, 0.2) is 91.5 Å². The minimum absolute atomic E-state index is 0.0587. The number of aromatic nitrogens is 2. The first-order valence-electron chi connectivity index (χ1n) is 10.4. The van der Waals surface area contributed by atoms with Crippen LogP contribution in [0.4, 0.5) is 10.5 Å². The van der Waals surface area contributed by atoms with Gasteiger partial charge in [-0.2, -0.15) is 0 Å². The van der Waals surface area contributed by atoms with Crippen LogP contribution in [0.25, 0.3) is 11.1 Å². The van der Waals surface area contributed by atoms with E-state index in [1.807, 2.05) is 12.1 Å². The summed E-state index contributed by atoms with van der Waals surface area (Å²) in [6.07, 6.45) is 5.63. The third kappa shape index (κ3) is 4.71. The lowest BCUT2D eigenvalue weighted by molar-refractivity contribution is 0.0593. The molecule has 34 heavy (non-hydrogen) atoms. The molecule has 0 spiro atoms. The molecule has 0 fully saturated rings. The quantitative estimate of drug-likeness (QED) is 0.369. The second-order valence-electron chi connectivity index (χ2n) is 7.70. The molecule has 4 rings (SSSR count). The van der Waals surface area contributed by atoms with Crippen LogP contribution in [-0.4, -0.2) is 27.1 Å². The van der Waals surface area contributed by atoms with E-state index in [2.05, 4.69) is 15.3 Å². The van der Waals surface area contributed by atoms with Crippen LogP contribution in [0.2, 0.25) is 0 Å². The lowest BCUT2D eigenvalue weighted by Gasteiger charge is -2.29. The third-order valence-corrected chi connectivity index (χ3v) is 5.45. The fourth-order valence-electron chi connectivity index (χ4n) is 3.61. The predicted molar refractivity (Wildman–Crippen MR) is 127 cm³/mol. The van der Waals surface area contributed by atoms with E-state index in [0.717, 1.165) is 11.1 Å². The zero-order valence-corrected chi connectivity index (χ0v) is 18.3. The molecule has 0 aliphatic carbocycles. The van der Waals surface area contributed by atoms with Crippen LogP contribution in [-0.2, 0) is 10.3 Å². The van der Waals surface area contributed by atoms with Gasteiger partial charge in [0.25, 0.3) is 5.91 Å². The van der Waals surface area contributed by atoms with Gasteiger partial charge in [-0.15, -0.1) is 0 Å². The first-order valence-corrected chi connectivity index (χ1v) is 10.4. The summed E-state index contributed by atoms with van der Waals surface area (Å²) in [5.41, 5.74) is 7.63. The minimum Gasteiger partial charge on any atom is -0.506 e. The Morgan fingerprint density at radius 3 is 2.24 bits per heavy atom. The van der Waals surface area contributed by atoms with Gasteiger partial charge in [0.2, 0.25) is 0 Å². The molecule has 0 saturated heterocycles. The molecule has 170 valence electrons. The summed E-state index contributed by atoms with van der Waals surface area (Å²) in [5, 5.41) is 13.0. The Bertz CT molecular complexity index is 1310. The number of phenols is 1. The first-order chi connectivity index (χ1) is 16.4. The molecule has 0 saturated carbocycles. The fraction of sp³-hybridized carbons (Fsp3) is 0.0769. The highest BCUT2D eigenvalue weighted by Crippen LogP contribution is 2.34. The van der Waals surface area contributed by atoms with Crippen molar-refractivity contribution in [3.63, 3.8) is 0 Å². The Balaban J connectivity index is 1.59. The van der Waals surface area contributed by atoms with Gasteiger partial charge in [0.1, 0.15) is 5.75 Å². The fourth-order valence-corrected chi connectivity index (χ4v) is 3.61. The maximum absolute atomic E-state index is 12.9. The predicted octanol–water partition coefficient (Wildman–Crippen LogP) is 4.46. The van der Waals surface area contributed by atoms with Crippen LogP contribution in [0, 0.1) is 0 Å². The van der Waals surface area contributed by atoms with Crippen LogP contribution in [0.1, 0.15) is 28.4 Å². The van der Waals surface area contributed by atoms with Gasteiger partial charge in [0.05, 0.1) is 5.69 Å². The molecule has 0 aliphatic rings. The maximum Gasteiger partial charge on any atom is 0.405 e. The number of hydrogen-bond acceptors (Lipinski definition) is 6. The number of nitrogens with two attached hydrogens (primary N) is 1. The van der Waals surface area contributed by atoms with Crippen molar-refractivity contribution < 1.29 is 19.4 Å². The van der Waals surface area contributed by atoms with Gasteiger partial charge >= 0.3 is 6.09 Å². The Hall–Kier alpha value is -4.72. The van der Waals surface area contributed by atoms with E-state index >= 15 is 0 Å². The van der Waals surface area contributed by atoms with E-state index in [1.165, 1.54) is 6.07 Å². The molecule has 4 N–H and O–H groups in total. The number of primary amides is 1. The van der Waals surface area contributed by atoms with Crippen molar-refractivity contribution in [3.05, 3.63) is 108 Å². The molecule has 1 unspecified atom stereocenters. The van der Waals surface area contributed by atoms with Crippen molar-refractivity contribution in [2.45, 2.75) is 12.5 Å². The number of rotatable bonds is 6. The van der Waals surface area contributed by atoms with Crippen LogP contribution in [0.3, 0.4) is 0 Å². The summed E-state index contributed by atoms with van der Waals surface area (Å²) in [4.78, 5) is 32.6. The third-order valence-electron chi connectivity index (χ3n) is 5.45. The Morgan fingerprint density at radius 1 is 0.912 bits per heavy atom. The topological polar surface area (TPSA) is 127 Å². The second-order valence-corrected chi connectivity index (χ2v) is 7.70. The summed E-state index contributed by atoms with van der Waals surface area (Å²) in [5.74, 6) is -0.472. The second kappa shape index (κ2) is 9.41. The summed E-state index contributed by atoms with van der Waals surface area (Å²) in [7, 11) is 0. The van der Waals surface area contributed by atoms with Crippen LogP contribution >= 0.6 is 0 Å². The van der Waals surface area contributed by atoms with Gasteiger partial charge < -0.3 is 20.9 Å². The van der Waals surface area contributed by atoms with Gasteiger partial charge in [-0.05, 0) is 54.4 Å². The standard InChI is InChI=1S/C26H22N4O4/c1-26(34-25(27)33,21-5-3-13-29-16-21)20-9-6-17(7-10-20)24(32)30-22-14-18(8-11-23(22)31)19-4-2-12-28-15-19/h2-16,31H,1H3,(H2,27,33)(H,30,32). The highest BCUT2D eigenvalue weighted by molar-refractivity contribution is 6.05. The Labute approximate surface area is 196 Å². The molecule has 1 atom stereocenters. The molecular formula is C26H22N4O4. The summed E-state index contributed by atoms with van der Waals surface area (Å²) >= 11 is 0. The largest absolute Gasteiger partial charge is 0.506 e. The van der Waals surface area contributed by atoms with Crippen LogP contribution in [0.5, 0.6) is 5.75 Å². The maximum atomic E-state index is 12.9. The average molecular weight is 454 g/mol. The number of aromatic hydroxyl groups is 1. The van der Waals surface area contributed by atoms with Gasteiger partial charge in [0, 0.05) is 41.5 Å². The molecule has 0 radical (unpaired) electrons. The minimum atomic E-state index is -1.19. The highest BCUT2D eigenvalue weighted by Gasteiger charge is 2.33. The first kappa shape index (κ1) is 22.5. The van der Waals surface area contributed by atoms with E-state index in [0.29, 0.717) is 16.7 Å². The number of benzene rings is 2. The molecule has 4 aromatic rings. The number of nitrogens with one attached hydrogen (secondary N) is 1. The molecule has 2 heterocycles. The number of phenolic OH excluding ortho intramolecular Hbond substituents is 1. The van der Waals surface area contributed by atoms with Gasteiger partial charge in [-0.1, -0.05) is 30.3 Å². The number of amides is 2. The number of nitrogens with zero attached hydrogens (tertiary/aromatic N) is 2. The number of carbonyl (C=O) groups is 2. The van der Waals surface area contributed by atoms with Crippen molar-refractivity contribution in [1.82, 2.24) is 9.97 Å². The number of anilines is 1. The van der Waals surface area contributed by atoms with Crippen molar-refractivity contribution in [2.75, 3.05) is 5.32 Å². The number of carbonyl (C=O) groups excluding carboxylic acids is 2. The smallest absolute Gasteiger partial charge is 0.405 e. The molecule has 0 bridgehead atoms. The normalized spacial score (nSPS) is 12.4. The number of ether oxygens (including phenoxy) is 1. The summed E-state index contributed by atoms with van der Waals surface area (Å²) in [6.45, 7) is 1.70. The van der Waals surface area contributed by atoms with Gasteiger partial charge in [-0.3, -0.25) is 14.8 Å². The van der Waals surface area contributed by atoms with E-state index in [9.17, 15) is 14.7 Å². The highest BCUT2D eigenvalue weighted by atomic mass is 16.6. The van der Waals surface area contributed by atoms with Crippen molar-refractivity contribution in [2.24, 2.45) is 5.73 Å². The molecule has 2 aromatic heterocycles. The van der Waals surface area contributed by atoms with Gasteiger partial charge in [-0.25, -0.2) is 4.79 Å². The van der Waals surface area contributed by atoms with Crippen molar-refractivity contribution >= 4 is 17.7 Å². The molecular weight excluding hydrogens is 432 g/mol. The lowest BCUT2D eigenvalue weighted by atomic mass is 9.88. The SMILES string of the molecule is CC(OC(N)=O)(c1ccc(C(=O)Nc2cc(-c3cccnc3)ccc2O)cc1)c1cccnc1. The Morgan fingerprint density at radius 2 is 1.62 bits per heavy atom. The van der Waals surface area contributed by atoms with Crippen molar-refractivity contribution in [3.8, 4) is 16.9 Å². The number of pyridine rings is 2. The van der Waals surface area contributed by atoms with E-state index in [1.54, 1.807) is 80.2 Å². The van der Waals surface area contributed by atoms with E-state index in [-0.39, 0.29) is 11.4 Å². The number of hydrogen-bond donors (Lipinski definition) is 3. The molecule has 2 amide bonds. The summed E-state index contributed by atoms with van der Waals surface area (Å²) < 4.78 is 5.44. The van der Waals surface area contributed by atoms with E-state index in [4.69, 9.17) is 10.5 Å². The zero-order valence-electron chi connectivity index (χ0n) is 18.3. The lowest BCUT2D eigenvalue weighted by Crippen LogP contribution is -2.33. The van der Waals surface area contributed by atoms with Crippen molar-refractivity contribution in [1.29, 1.82) is 0 Å². The van der Waals surface area contributed by atoms with E-state index < -0.39 is 17.6 Å². The molecule has 0 aliphatic heterocycles. The zero-order chi connectivity index (χ0) is 24.1. The monoisotopic (exact) mass is 454 g/mol. The molecule has 8 heteroatoms. The molecule has 8 nitrogen and oxygen atoms in total.